The first-order valence-corrected chi connectivity index (χ1v) is 6.83. The number of anilines is 1. The van der Waals surface area contributed by atoms with Gasteiger partial charge in [0.15, 0.2) is 0 Å². The van der Waals surface area contributed by atoms with Crippen molar-refractivity contribution in [3.05, 3.63) is 40.1 Å². The Balaban J connectivity index is 2.12. The van der Waals surface area contributed by atoms with E-state index in [0.29, 0.717) is 21.5 Å². The Labute approximate surface area is 132 Å². The zero-order valence-corrected chi connectivity index (χ0v) is 13.1. The molecule has 118 valence electrons. The van der Waals surface area contributed by atoms with E-state index >= 15 is 0 Å². The fraction of sp³-hybridized carbons (Fsp3) is 0.231. The van der Waals surface area contributed by atoms with E-state index in [1.54, 1.807) is 14.0 Å². The third-order valence-corrected chi connectivity index (χ3v) is 3.66. The van der Waals surface area contributed by atoms with Crippen molar-refractivity contribution in [1.82, 2.24) is 9.78 Å². The normalized spacial score (nSPS) is 11.4. The van der Waals surface area contributed by atoms with Crippen LogP contribution in [0.5, 0.6) is 5.75 Å². The summed E-state index contributed by atoms with van der Waals surface area (Å²) in [6.45, 7) is 1.74. The van der Waals surface area contributed by atoms with Crippen LogP contribution in [-0.2, 0) is 7.05 Å². The molecule has 22 heavy (non-hydrogen) atoms. The van der Waals surface area contributed by atoms with Crippen molar-refractivity contribution in [2.45, 2.75) is 13.3 Å². The first kappa shape index (κ1) is 16.3. The van der Waals surface area contributed by atoms with Gasteiger partial charge in [-0.1, -0.05) is 0 Å². The number of nitrogens with one attached hydrogen (secondary N) is 1. The quantitative estimate of drug-likeness (QED) is 0.888. The maximum Gasteiger partial charge on any atom is 0.573 e. The lowest BCUT2D eigenvalue weighted by Gasteiger charge is -2.10. The van der Waals surface area contributed by atoms with Crippen LogP contribution in [-0.4, -0.2) is 22.1 Å². The number of hydrogen-bond acceptors (Lipinski definition) is 3. The lowest BCUT2D eigenvalue weighted by Crippen LogP contribution is -2.18. The van der Waals surface area contributed by atoms with Crippen LogP contribution < -0.4 is 10.1 Å². The van der Waals surface area contributed by atoms with Crippen LogP contribution in [0.1, 0.15) is 16.2 Å². The second kappa shape index (κ2) is 5.99. The zero-order chi connectivity index (χ0) is 16.5. The maximum absolute atomic E-state index is 12.2. The second-order valence-corrected chi connectivity index (χ2v) is 5.19. The summed E-state index contributed by atoms with van der Waals surface area (Å²) in [4.78, 5) is 12.2. The van der Waals surface area contributed by atoms with Crippen molar-refractivity contribution < 1.29 is 22.7 Å². The number of carbonyl (C=O) groups excluding carboxylic acids is 1. The lowest BCUT2D eigenvalue weighted by atomic mass is 10.3. The summed E-state index contributed by atoms with van der Waals surface area (Å²) in [6.07, 6.45) is -4.75. The Morgan fingerprint density at radius 1 is 1.32 bits per heavy atom. The minimum absolute atomic E-state index is 0.313. The number of aryl methyl sites for hydroxylation is 2. The molecule has 1 N–H and O–H groups in total. The minimum atomic E-state index is -4.75. The molecule has 0 saturated carbocycles. The van der Waals surface area contributed by atoms with Gasteiger partial charge in [-0.05, 0) is 47.1 Å². The lowest BCUT2D eigenvalue weighted by molar-refractivity contribution is -0.274. The average Bonchev–Trinajstić information content (AvgIpc) is 2.64. The number of alkyl halides is 3. The van der Waals surface area contributed by atoms with Crippen LogP contribution in [0.25, 0.3) is 0 Å². The highest BCUT2D eigenvalue weighted by molar-refractivity contribution is 9.10. The summed E-state index contributed by atoms with van der Waals surface area (Å²) >= 11 is 3.27. The number of aromatic nitrogens is 2. The summed E-state index contributed by atoms with van der Waals surface area (Å²) < 4.78 is 41.9. The number of benzene rings is 1. The molecule has 0 atom stereocenters. The first-order chi connectivity index (χ1) is 10.2. The molecule has 2 aromatic rings. The SMILES string of the molecule is Cc1nn(C)c(C(=O)Nc2ccc(OC(F)(F)F)cc2)c1Br. The summed E-state index contributed by atoms with van der Waals surface area (Å²) in [5.41, 5.74) is 1.31. The van der Waals surface area contributed by atoms with E-state index in [4.69, 9.17) is 0 Å². The van der Waals surface area contributed by atoms with Crippen molar-refractivity contribution in [3.63, 3.8) is 0 Å². The van der Waals surface area contributed by atoms with Crippen molar-refractivity contribution >= 4 is 27.5 Å². The number of ether oxygens (including phenoxy) is 1. The van der Waals surface area contributed by atoms with Gasteiger partial charge in [0.1, 0.15) is 11.4 Å². The highest BCUT2D eigenvalue weighted by atomic mass is 79.9. The average molecular weight is 378 g/mol. The molecule has 0 spiro atoms. The molecule has 5 nitrogen and oxygen atoms in total. The molecule has 1 heterocycles. The molecule has 0 aliphatic carbocycles. The highest BCUT2D eigenvalue weighted by Gasteiger charge is 2.31. The standard InChI is InChI=1S/C13H11BrF3N3O2/c1-7-10(14)11(20(2)19-7)12(21)18-8-3-5-9(6-4-8)22-13(15,16)17/h3-6H,1-2H3,(H,18,21). The monoisotopic (exact) mass is 377 g/mol. The van der Waals surface area contributed by atoms with Gasteiger partial charge in [-0.15, -0.1) is 13.2 Å². The molecule has 1 aromatic carbocycles. The molecule has 9 heteroatoms. The topological polar surface area (TPSA) is 56.2 Å². The van der Waals surface area contributed by atoms with Gasteiger partial charge >= 0.3 is 6.36 Å². The Morgan fingerprint density at radius 2 is 1.91 bits per heavy atom. The van der Waals surface area contributed by atoms with Crippen LogP contribution in [0.3, 0.4) is 0 Å². The number of hydrogen-bond donors (Lipinski definition) is 1. The smallest absolute Gasteiger partial charge is 0.406 e. The first-order valence-electron chi connectivity index (χ1n) is 6.03. The maximum atomic E-state index is 12.2. The predicted molar refractivity (Wildman–Crippen MR) is 76.7 cm³/mol. The number of rotatable bonds is 3. The van der Waals surface area contributed by atoms with Crippen molar-refractivity contribution in [2.75, 3.05) is 5.32 Å². The Morgan fingerprint density at radius 3 is 2.36 bits per heavy atom. The number of amides is 1. The van der Waals surface area contributed by atoms with Gasteiger partial charge in [0.25, 0.3) is 5.91 Å². The van der Waals surface area contributed by atoms with Crippen LogP contribution in [0.2, 0.25) is 0 Å². The third kappa shape index (κ3) is 3.79. The van der Waals surface area contributed by atoms with Gasteiger partial charge in [-0.25, -0.2) is 0 Å². The van der Waals surface area contributed by atoms with Gasteiger partial charge < -0.3 is 10.1 Å². The van der Waals surface area contributed by atoms with E-state index in [9.17, 15) is 18.0 Å². The van der Waals surface area contributed by atoms with Gasteiger partial charge in [0.05, 0.1) is 10.2 Å². The second-order valence-electron chi connectivity index (χ2n) is 4.40. The predicted octanol–water partition coefficient (Wildman–Crippen LogP) is 3.64. The van der Waals surface area contributed by atoms with Crippen LogP contribution in [0.4, 0.5) is 18.9 Å². The Bertz CT molecular complexity index is 696. The van der Waals surface area contributed by atoms with E-state index < -0.39 is 12.3 Å². The molecule has 0 aliphatic heterocycles. The zero-order valence-electron chi connectivity index (χ0n) is 11.5. The van der Waals surface area contributed by atoms with Gasteiger partial charge in [0, 0.05) is 12.7 Å². The van der Waals surface area contributed by atoms with E-state index in [1.807, 2.05) is 0 Å². The largest absolute Gasteiger partial charge is 0.573 e. The van der Waals surface area contributed by atoms with Gasteiger partial charge in [-0.3, -0.25) is 9.48 Å². The molecule has 0 saturated heterocycles. The summed E-state index contributed by atoms with van der Waals surface area (Å²) in [5, 5.41) is 6.67. The molecular formula is C13H11BrF3N3O2. The molecular weight excluding hydrogens is 367 g/mol. The molecule has 2 rings (SSSR count). The third-order valence-electron chi connectivity index (χ3n) is 2.71. The van der Waals surface area contributed by atoms with E-state index in [2.05, 4.69) is 31.1 Å². The fourth-order valence-corrected chi connectivity index (χ4v) is 2.33. The number of nitrogens with zero attached hydrogens (tertiary/aromatic N) is 2. The van der Waals surface area contributed by atoms with E-state index in [-0.39, 0.29) is 5.75 Å². The summed E-state index contributed by atoms with van der Waals surface area (Å²) in [7, 11) is 1.62. The number of halogens is 4. The summed E-state index contributed by atoms with van der Waals surface area (Å²) in [5.74, 6) is -0.789. The van der Waals surface area contributed by atoms with Crippen molar-refractivity contribution in [1.29, 1.82) is 0 Å². The van der Waals surface area contributed by atoms with Gasteiger partial charge in [0.2, 0.25) is 0 Å². The van der Waals surface area contributed by atoms with Crippen LogP contribution in [0, 0.1) is 6.92 Å². The van der Waals surface area contributed by atoms with Crippen LogP contribution in [0.15, 0.2) is 28.7 Å². The molecule has 0 unspecified atom stereocenters. The Kier molecular flexibility index (Phi) is 4.45. The van der Waals surface area contributed by atoms with Gasteiger partial charge in [-0.2, -0.15) is 5.10 Å². The molecule has 0 bridgehead atoms. The van der Waals surface area contributed by atoms with Crippen molar-refractivity contribution in [3.8, 4) is 5.75 Å². The minimum Gasteiger partial charge on any atom is -0.406 e. The molecule has 1 amide bonds. The van der Waals surface area contributed by atoms with E-state index in [0.717, 1.165) is 12.1 Å². The molecule has 0 fully saturated rings. The Hall–Kier alpha value is -2.03. The fourth-order valence-electron chi connectivity index (χ4n) is 1.81. The molecule has 0 aliphatic rings. The highest BCUT2D eigenvalue weighted by Crippen LogP contribution is 2.25. The van der Waals surface area contributed by atoms with Crippen molar-refractivity contribution in [2.24, 2.45) is 7.05 Å². The number of carbonyl (C=O) groups is 1. The molecule has 1 aromatic heterocycles. The summed E-state index contributed by atoms with van der Waals surface area (Å²) in [6, 6.07) is 4.87. The van der Waals surface area contributed by atoms with E-state index in [1.165, 1.54) is 16.8 Å². The van der Waals surface area contributed by atoms with Crippen LogP contribution >= 0.6 is 15.9 Å². The molecule has 0 radical (unpaired) electrons.